The van der Waals surface area contributed by atoms with Crippen LogP contribution in [0, 0.1) is 4.51 Å². The van der Waals surface area contributed by atoms with Crippen molar-refractivity contribution in [1.29, 1.82) is 0 Å². The molecule has 0 aromatic carbocycles. The first kappa shape index (κ1) is 5.80. The van der Waals surface area contributed by atoms with Crippen molar-refractivity contribution in [3.63, 3.8) is 0 Å². The molecule has 0 bridgehead atoms. The third-order valence-electron chi connectivity index (χ3n) is 1.55. The van der Waals surface area contributed by atoms with Crippen LogP contribution in [0.3, 0.4) is 0 Å². The highest BCUT2D eigenvalue weighted by Crippen LogP contribution is 2.20. The molecule has 0 saturated heterocycles. The second-order valence-electron chi connectivity index (χ2n) is 2.18. The number of hydrogen-bond acceptors (Lipinski definition) is 2. The molecule has 1 aliphatic heterocycles. The molecule has 0 saturated carbocycles. The van der Waals surface area contributed by atoms with E-state index >= 15 is 0 Å². The maximum Gasteiger partial charge on any atom is 0.134 e. The van der Waals surface area contributed by atoms with Crippen molar-refractivity contribution in [1.82, 2.24) is 4.98 Å². The fourth-order valence-electron chi connectivity index (χ4n) is 1.04. The zero-order valence-electron chi connectivity index (χ0n) is 5.29. The van der Waals surface area contributed by atoms with E-state index in [1.54, 1.807) is 0 Å². The van der Waals surface area contributed by atoms with Crippen molar-refractivity contribution in [2.45, 2.75) is 6.42 Å². The first-order chi connectivity index (χ1) is 4.88. The Kier molecular flexibility index (Phi) is 1.17. The molecule has 1 N–H and O–H groups in total. The maximum absolute atomic E-state index is 5.08. The summed E-state index contributed by atoms with van der Waals surface area (Å²) in [7, 11) is 0. The summed E-state index contributed by atoms with van der Waals surface area (Å²) < 4.78 is 0.909. The minimum Gasteiger partial charge on any atom is -0.346 e. The molecule has 0 amide bonds. The molecule has 0 atom stereocenters. The van der Waals surface area contributed by atoms with Gasteiger partial charge in [-0.1, -0.05) is 12.2 Å². The lowest BCUT2D eigenvalue weighted by Gasteiger charge is -1.93. The summed E-state index contributed by atoms with van der Waals surface area (Å²) in [5, 5.41) is 0. The number of aliphatic imine (C=N–C) groups is 1. The van der Waals surface area contributed by atoms with Gasteiger partial charge in [0.25, 0.3) is 0 Å². The number of hydrogen-bond donors (Lipinski definition) is 1. The molecule has 1 aromatic heterocycles. The topological polar surface area (TPSA) is 28.1 Å². The Balaban J connectivity index is 2.77. The van der Waals surface area contributed by atoms with E-state index in [0.717, 1.165) is 22.3 Å². The van der Waals surface area contributed by atoms with Crippen molar-refractivity contribution in [2.75, 3.05) is 0 Å². The number of H-pyrrole nitrogens is 1. The number of aromatic nitrogens is 1. The lowest BCUT2D eigenvalue weighted by Crippen LogP contribution is -1.81. The van der Waals surface area contributed by atoms with Crippen LogP contribution >= 0.6 is 12.2 Å². The normalized spacial score (nSPS) is 13.6. The monoisotopic (exact) mass is 150 g/mol. The van der Waals surface area contributed by atoms with Crippen LogP contribution in [-0.2, 0) is 6.42 Å². The summed E-state index contributed by atoms with van der Waals surface area (Å²) >= 11 is 5.08. The number of pyridine rings is 1. The van der Waals surface area contributed by atoms with Crippen molar-refractivity contribution in [3.05, 3.63) is 22.3 Å². The Morgan fingerprint density at radius 3 is 3.30 bits per heavy atom. The molecular weight excluding hydrogens is 144 g/mol. The van der Waals surface area contributed by atoms with Gasteiger partial charge in [0.15, 0.2) is 0 Å². The molecular formula is C7H6N2S. The highest BCUT2D eigenvalue weighted by atomic mass is 32.1. The molecule has 1 aromatic rings. The predicted molar refractivity (Wildman–Crippen MR) is 43.5 cm³/mol. The first-order valence-electron chi connectivity index (χ1n) is 3.11. The van der Waals surface area contributed by atoms with Gasteiger partial charge in [0, 0.05) is 28.9 Å². The molecule has 3 heteroatoms. The highest BCUT2D eigenvalue weighted by molar-refractivity contribution is 7.71. The number of fused-ring (bicyclic) bond motifs is 1. The third kappa shape index (κ3) is 0.708. The van der Waals surface area contributed by atoms with Crippen LogP contribution in [0.15, 0.2) is 17.3 Å². The quantitative estimate of drug-likeness (QED) is 0.563. The molecule has 1 aliphatic rings. The summed E-state index contributed by atoms with van der Waals surface area (Å²) in [6, 6.07) is 1.89. The highest BCUT2D eigenvalue weighted by Gasteiger charge is 2.05. The number of nitrogens with zero attached hydrogens (tertiary/aromatic N) is 1. The second-order valence-corrected chi connectivity index (χ2v) is 2.62. The summed E-state index contributed by atoms with van der Waals surface area (Å²) in [6.07, 6.45) is 4.58. The minimum atomic E-state index is 0.880. The molecule has 2 heterocycles. The largest absolute Gasteiger partial charge is 0.346 e. The number of nitrogens with one attached hydrogen (secondary N) is 1. The second kappa shape index (κ2) is 2.02. The molecule has 0 aliphatic carbocycles. The molecule has 0 unspecified atom stereocenters. The molecule has 10 heavy (non-hydrogen) atoms. The first-order valence-corrected chi connectivity index (χ1v) is 3.52. The van der Waals surface area contributed by atoms with E-state index in [1.807, 2.05) is 18.5 Å². The third-order valence-corrected chi connectivity index (χ3v) is 1.94. The molecule has 0 spiro atoms. The van der Waals surface area contributed by atoms with Crippen LogP contribution in [-0.4, -0.2) is 11.2 Å². The van der Waals surface area contributed by atoms with E-state index < -0.39 is 0 Å². The van der Waals surface area contributed by atoms with Crippen LogP contribution < -0.4 is 0 Å². The van der Waals surface area contributed by atoms with E-state index in [0.29, 0.717) is 0 Å². The van der Waals surface area contributed by atoms with Gasteiger partial charge in [-0.15, -0.1) is 0 Å². The smallest absolute Gasteiger partial charge is 0.134 e. The van der Waals surface area contributed by atoms with Gasteiger partial charge >= 0.3 is 0 Å². The molecule has 2 nitrogen and oxygen atoms in total. The molecule has 0 radical (unpaired) electrons. The molecule has 0 fully saturated rings. The van der Waals surface area contributed by atoms with Crippen LogP contribution in [0.1, 0.15) is 5.56 Å². The van der Waals surface area contributed by atoms with Crippen LogP contribution in [0.25, 0.3) is 0 Å². The molecule has 2 rings (SSSR count). The number of aromatic amines is 1. The Morgan fingerprint density at radius 2 is 2.50 bits per heavy atom. The lowest BCUT2D eigenvalue weighted by atomic mass is 10.2. The van der Waals surface area contributed by atoms with E-state index in [4.69, 9.17) is 12.2 Å². The van der Waals surface area contributed by atoms with Gasteiger partial charge in [0.1, 0.15) is 5.82 Å². The average molecular weight is 150 g/mol. The van der Waals surface area contributed by atoms with Gasteiger partial charge in [0.2, 0.25) is 0 Å². The van der Waals surface area contributed by atoms with Gasteiger partial charge in [-0.3, -0.25) is 0 Å². The Morgan fingerprint density at radius 1 is 1.60 bits per heavy atom. The Bertz CT molecular complexity index is 338. The van der Waals surface area contributed by atoms with Gasteiger partial charge < -0.3 is 4.98 Å². The van der Waals surface area contributed by atoms with Gasteiger partial charge in [-0.25, -0.2) is 4.99 Å². The van der Waals surface area contributed by atoms with Crippen molar-refractivity contribution in [2.24, 2.45) is 4.99 Å². The van der Waals surface area contributed by atoms with Crippen molar-refractivity contribution >= 4 is 24.3 Å². The van der Waals surface area contributed by atoms with E-state index in [2.05, 4.69) is 9.98 Å². The average Bonchev–Trinajstić information content (AvgIpc) is 2.36. The Labute approximate surface area is 63.6 Å². The maximum atomic E-state index is 5.08. The molecule has 50 valence electrons. The zero-order chi connectivity index (χ0) is 6.97. The van der Waals surface area contributed by atoms with Crippen LogP contribution in [0.2, 0.25) is 0 Å². The van der Waals surface area contributed by atoms with Crippen LogP contribution in [0.5, 0.6) is 0 Å². The van der Waals surface area contributed by atoms with E-state index in [9.17, 15) is 0 Å². The SMILES string of the molecule is S=c1cc[nH]c2c1CC=N2. The number of rotatable bonds is 0. The van der Waals surface area contributed by atoms with E-state index in [1.165, 1.54) is 0 Å². The van der Waals surface area contributed by atoms with Gasteiger partial charge in [0.05, 0.1) is 0 Å². The summed E-state index contributed by atoms with van der Waals surface area (Å²) in [4.78, 5) is 7.14. The van der Waals surface area contributed by atoms with Crippen molar-refractivity contribution < 1.29 is 0 Å². The summed E-state index contributed by atoms with van der Waals surface area (Å²) in [5.41, 5.74) is 1.15. The standard InChI is InChI=1S/C7H6N2S/c10-6-2-4-9-7-5(6)1-3-8-7/h2-4H,1H2,(H,9,10). The lowest BCUT2D eigenvalue weighted by molar-refractivity contribution is 1.24. The van der Waals surface area contributed by atoms with Gasteiger partial charge in [-0.2, -0.15) is 0 Å². The van der Waals surface area contributed by atoms with Crippen LogP contribution in [0.4, 0.5) is 5.82 Å². The Hall–Kier alpha value is -0.960. The van der Waals surface area contributed by atoms with E-state index in [-0.39, 0.29) is 0 Å². The zero-order valence-corrected chi connectivity index (χ0v) is 6.11. The summed E-state index contributed by atoms with van der Waals surface area (Å²) in [6.45, 7) is 0. The fourth-order valence-corrected chi connectivity index (χ4v) is 1.29. The minimum absolute atomic E-state index is 0.880. The fraction of sp³-hybridized carbons (Fsp3) is 0.143. The van der Waals surface area contributed by atoms with Gasteiger partial charge in [-0.05, 0) is 6.07 Å². The summed E-state index contributed by atoms with van der Waals surface area (Å²) in [5.74, 6) is 0.924. The van der Waals surface area contributed by atoms with Crippen molar-refractivity contribution in [3.8, 4) is 0 Å². The predicted octanol–water partition coefficient (Wildman–Crippen LogP) is 2.00.